The lowest BCUT2D eigenvalue weighted by atomic mass is 10.0. The molecular weight excluding hydrogens is 325 g/mol. The van der Waals surface area contributed by atoms with E-state index >= 15 is 0 Å². The number of anilines is 2. The summed E-state index contributed by atoms with van der Waals surface area (Å²) in [6, 6.07) is 3.07. The Morgan fingerprint density at radius 1 is 1.24 bits per heavy atom. The van der Waals surface area contributed by atoms with Gasteiger partial charge in [-0.15, -0.1) is 0 Å². The zero-order chi connectivity index (χ0) is 17.6. The van der Waals surface area contributed by atoms with Crippen LogP contribution in [0.3, 0.4) is 0 Å². The van der Waals surface area contributed by atoms with Crippen molar-refractivity contribution < 1.29 is 9.18 Å². The monoisotopic (exact) mass is 339 g/mol. The number of carbonyl (C=O) groups is 1. The molecule has 1 aliphatic heterocycles. The van der Waals surface area contributed by atoms with E-state index in [-0.39, 0.29) is 12.5 Å². The second-order valence-electron chi connectivity index (χ2n) is 5.71. The Bertz CT molecular complexity index is 971. The number of hydrogen-bond acceptors (Lipinski definition) is 6. The number of rotatable bonds is 2. The van der Waals surface area contributed by atoms with Crippen molar-refractivity contribution in [2.45, 2.75) is 6.92 Å². The zero-order valence-corrected chi connectivity index (χ0v) is 13.5. The quantitative estimate of drug-likeness (QED) is 0.738. The second kappa shape index (κ2) is 5.62. The van der Waals surface area contributed by atoms with Crippen LogP contribution in [0.4, 0.5) is 16.0 Å². The van der Waals surface area contributed by atoms with Gasteiger partial charge in [0.15, 0.2) is 17.5 Å². The van der Waals surface area contributed by atoms with Gasteiger partial charge in [-0.2, -0.15) is 5.10 Å². The molecule has 25 heavy (non-hydrogen) atoms. The van der Waals surface area contributed by atoms with Crippen molar-refractivity contribution in [3.05, 3.63) is 36.0 Å². The molecule has 0 radical (unpaired) electrons. The molecule has 0 fully saturated rings. The normalized spacial score (nSPS) is 13.6. The van der Waals surface area contributed by atoms with E-state index in [1.54, 1.807) is 19.3 Å². The first-order valence-corrected chi connectivity index (χ1v) is 7.58. The van der Waals surface area contributed by atoms with Gasteiger partial charge in [-0.05, 0) is 24.6 Å². The summed E-state index contributed by atoms with van der Waals surface area (Å²) in [6.45, 7) is 2.03. The third-order valence-electron chi connectivity index (χ3n) is 4.11. The average Bonchev–Trinajstić information content (AvgIpc) is 3.14. The number of fused-ring (bicyclic) bond motifs is 1. The fourth-order valence-electron chi connectivity index (χ4n) is 2.74. The van der Waals surface area contributed by atoms with Crippen molar-refractivity contribution in [1.82, 2.24) is 25.1 Å². The largest absolute Gasteiger partial charge is 0.358 e. The van der Waals surface area contributed by atoms with Gasteiger partial charge in [-0.3, -0.25) is 14.8 Å². The highest BCUT2D eigenvalue weighted by Gasteiger charge is 2.24. The Morgan fingerprint density at radius 2 is 2.08 bits per heavy atom. The van der Waals surface area contributed by atoms with E-state index in [4.69, 9.17) is 0 Å². The summed E-state index contributed by atoms with van der Waals surface area (Å²) in [6.07, 6.45) is 2.89. The van der Waals surface area contributed by atoms with Gasteiger partial charge in [0.2, 0.25) is 5.91 Å². The van der Waals surface area contributed by atoms with Crippen molar-refractivity contribution in [3.8, 4) is 22.6 Å². The van der Waals surface area contributed by atoms with E-state index < -0.39 is 5.82 Å². The lowest BCUT2D eigenvalue weighted by Gasteiger charge is -2.25. The number of benzene rings is 1. The van der Waals surface area contributed by atoms with Crippen molar-refractivity contribution in [2.75, 3.05) is 23.8 Å². The Morgan fingerprint density at radius 3 is 2.84 bits per heavy atom. The molecular formula is C16H14FN7O. The third-order valence-corrected chi connectivity index (χ3v) is 4.11. The molecule has 1 aliphatic rings. The number of nitrogens with zero attached hydrogens (tertiary/aromatic N) is 5. The van der Waals surface area contributed by atoms with E-state index in [0.717, 1.165) is 5.56 Å². The Balaban J connectivity index is 1.81. The molecule has 9 heteroatoms. The molecule has 4 rings (SSSR count). The highest BCUT2D eigenvalue weighted by molar-refractivity contribution is 6.00. The highest BCUT2D eigenvalue weighted by atomic mass is 19.1. The smallest absolute Gasteiger partial charge is 0.247 e. The minimum atomic E-state index is -0.445. The second-order valence-corrected chi connectivity index (χ2v) is 5.71. The molecule has 0 unspecified atom stereocenters. The number of halogens is 1. The summed E-state index contributed by atoms with van der Waals surface area (Å²) < 4.78 is 14.5. The number of aryl methyl sites for hydroxylation is 1. The minimum absolute atomic E-state index is 0.109. The summed E-state index contributed by atoms with van der Waals surface area (Å²) in [5.41, 5.74) is 2.23. The Hall–Kier alpha value is -3.36. The molecule has 0 spiro atoms. The van der Waals surface area contributed by atoms with Gasteiger partial charge < -0.3 is 5.32 Å². The summed E-state index contributed by atoms with van der Waals surface area (Å²) in [7, 11) is 1.64. The standard InChI is InChI=1S/C16H14FN7O/c1-8-3-10(14-20-7-21-23-14)11(17)4-9(8)12-5-18-15-16(22-12)24(2)13(25)6-19-15/h3-5,7H,6H2,1-2H3,(H,18,19)(H,20,21,23). The van der Waals surface area contributed by atoms with E-state index in [2.05, 4.69) is 30.5 Å². The molecule has 2 N–H and O–H groups in total. The highest BCUT2D eigenvalue weighted by Crippen LogP contribution is 2.32. The number of amides is 1. The number of H-pyrrole nitrogens is 1. The zero-order valence-electron chi connectivity index (χ0n) is 13.5. The van der Waals surface area contributed by atoms with Gasteiger partial charge in [0.05, 0.1) is 24.0 Å². The summed E-state index contributed by atoms with van der Waals surface area (Å²) in [5.74, 6) is 0.760. The molecule has 0 saturated heterocycles. The molecule has 1 amide bonds. The van der Waals surface area contributed by atoms with Gasteiger partial charge in [0, 0.05) is 12.6 Å². The van der Waals surface area contributed by atoms with Crippen LogP contribution in [0.1, 0.15) is 5.56 Å². The van der Waals surface area contributed by atoms with E-state index in [9.17, 15) is 9.18 Å². The number of aromatic amines is 1. The number of carbonyl (C=O) groups excluding carboxylic acids is 1. The maximum atomic E-state index is 14.5. The van der Waals surface area contributed by atoms with Crippen LogP contribution in [0.15, 0.2) is 24.7 Å². The molecule has 1 aromatic carbocycles. The van der Waals surface area contributed by atoms with Crippen LogP contribution in [0.2, 0.25) is 0 Å². The van der Waals surface area contributed by atoms with E-state index in [1.807, 2.05) is 6.92 Å². The molecule has 0 saturated carbocycles. The van der Waals surface area contributed by atoms with Gasteiger partial charge in [0.25, 0.3) is 0 Å². The SMILES string of the molecule is Cc1cc(-c2ncn[nH]2)c(F)cc1-c1cnc2c(n1)N(C)C(=O)CN2. The average molecular weight is 339 g/mol. The van der Waals surface area contributed by atoms with Crippen molar-refractivity contribution in [3.63, 3.8) is 0 Å². The van der Waals surface area contributed by atoms with Crippen LogP contribution >= 0.6 is 0 Å². The maximum absolute atomic E-state index is 14.5. The molecule has 0 aliphatic carbocycles. The van der Waals surface area contributed by atoms with Crippen LogP contribution in [0, 0.1) is 12.7 Å². The first-order chi connectivity index (χ1) is 12.0. The van der Waals surface area contributed by atoms with Crippen LogP contribution in [0.25, 0.3) is 22.6 Å². The lowest BCUT2D eigenvalue weighted by molar-refractivity contribution is -0.116. The molecule has 0 atom stereocenters. The first-order valence-electron chi connectivity index (χ1n) is 7.58. The summed E-state index contributed by atoms with van der Waals surface area (Å²) in [4.78, 5) is 26.0. The third kappa shape index (κ3) is 2.49. The van der Waals surface area contributed by atoms with Crippen molar-refractivity contribution >= 4 is 17.5 Å². The number of hydrogen-bond donors (Lipinski definition) is 2. The van der Waals surface area contributed by atoms with Crippen LogP contribution < -0.4 is 10.2 Å². The van der Waals surface area contributed by atoms with Gasteiger partial charge in [-0.25, -0.2) is 19.3 Å². The van der Waals surface area contributed by atoms with Gasteiger partial charge in [-0.1, -0.05) is 0 Å². The maximum Gasteiger partial charge on any atom is 0.247 e. The van der Waals surface area contributed by atoms with E-state index in [1.165, 1.54) is 17.3 Å². The summed E-state index contributed by atoms with van der Waals surface area (Å²) in [5, 5.41) is 9.31. The fourth-order valence-corrected chi connectivity index (χ4v) is 2.74. The Kier molecular flexibility index (Phi) is 3.41. The minimum Gasteiger partial charge on any atom is -0.358 e. The van der Waals surface area contributed by atoms with Gasteiger partial charge >= 0.3 is 0 Å². The molecule has 8 nitrogen and oxygen atoms in total. The molecule has 3 heterocycles. The molecule has 126 valence electrons. The predicted molar refractivity (Wildman–Crippen MR) is 89.4 cm³/mol. The molecule has 0 bridgehead atoms. The topological polar surface area (TPSA) is 99.7 Å². The number of nitrogens with one attached hydrogen (secondary N) is 2. The molecule has 2 aromatic heterocycles. The fraction of sp³-hybridized carbons (Fsp3) is 0.188. The predicted octanol–water partition coefficient (Wildman–Crippen LogP) is 1.76. The van der Waals surface area contributed by atoms with Crippen molar-refractivity contribution in [2.24, 2.45) is 0 Å². The lowest BCUT2D eigenvalue weighted by Crippen LogP contribution is -2.38. The van der Waals surface area contributed by atoms with Crippen LogP contribution in [-0.2, 0) is 4.79 Å². The molecule has 3 aromatic rings. The Labute approximate surface area is 142 Å². The summed E-state index contributed by atoms with van der Waals surface area (Å²) >= 11 is 0. The first kappa shape index (κ1) is 15.2. The van der Waals surface area contributed by atoms with Crippen molar-refractivity contribution in [1.29, 1.82) is 0 Å². The van der Waals surface area contributed by atoms with Crippen LogP contribution in [0.5, 0.6) is 0 Å². The van der Waals surface area contributed by atoms with Crippen LogP contribution in [-0.4, -0.2) is 44.6 Å². The van der Waals surface area contributed by atoms with E-state index in [0.29, 0.717) is 34.3 Å². The van der Waals surface area contributed by atoms with Gasteiger partial charge in [0.1, 0.15) is 12.1 Å². The number of likely N-dealkylation sites (N-methyl/N-ethyl adjacent to an activating group) is 1. The number of aromatic nitrogens is 5.